The van der Waals surface area contributed by atoms with E-state index in [-0.39, 0.29) is 5.91 Å². The lowest BCUT2D eigenvalue weighted by atomic mass is 10.2. The van der Waals surface area contributed by atoms with E-state index in [0.29, 0.717) is 10.9 Å². The van der Waals surface area contributed by atoms with E-state index >= 15 is 0 Å². The lowest BCUT2D eigenvalue weighted by molar-refractivity contribution is -0.128. The van der Waals surface area contributed by atoms with Crippen molar-refractivity contribution in [3.8, 4) is 0 Å². The summed E-state index contributed by atoms with van der Waals surface area (Å²) in [5.41, 5.74) is 2.79. The van der Waals surface area contributed by atoms with Crippen molar-refractivity contribution in [2.24, 2.45) is 0 Å². The average molecular weight is 369 g/mol. The Bertz CT molecular complexity index is 930. The van der Waals surface area contributed by atoms with Crippen molar-refractivity contribution in [3.63, 3.8) is 0 Å². The fourth-order valence-corrected chi connectivity index (χ4v) is 4.29. The number of carbonyl (C=O) groups is 1. The van der Waals surface area contributed by atoms with Gasteiger partial charge in [0.1, 0.15) is 5.52 Å². The third-order valence-electron chi connectivity index (χ3n) is 4.95. The molecule has 1 aliphatic heterocycles. The molecule has 1 fully saturated rings. The molecule has 1 aliphatic rings. The number of rotatable bonds is 4. The zero-order valence-corrected chi connectivity index (χ0v) is 15.8. The van der Waals surface area contributed by atoms with Crippen LogP contribution in [-0.2, 0) is 11.3 Å². The van der Waals surface area contributed by atoms with Gasteiger partial charge in [0.2, 0.25) is 11.1 Å². The predicted octanol–water partition coefficient (Wildman–Crippen LogP) is 3.49. The van der Waals surface area contributed by atoms with Gasteiger partial charge in [-0.25, -0.2) is 4.98 Å². The number of aryl methyl sites for hydroxylation is 1. The van der Waals surface area contributed by atoms with Gasteiger partial charge in [0.05, 0.1) is 11.3 Å². The molecule has 0 aliphatic carbocycles. The molecule has 3 heterocycles. The van der Waals surface area contributed by atoms with Crippen LogP contribution in [0.5, 0.6) is 0 Å². The number of benzene rings is 1. The van der Waals surface area contributed by atoms with Crippen molar-refractivity contribution >= 4 is 39.7 Å². The Morgan fingerprint density at radius 1 is 1.12 bits per heavy atom. The van der Waals surface area contributed by atoms with Crippen LogP contribution in [0, 0.1) is 0 Å². The molecule has 3 aromatic rings. The number of para-hydroxylation sites is 1. The molecule has 7 heteroatoms. The molecule has 1 saturated heterocycles. The highest BCUT2D eigenvalue weighted by atomic mass is 32.2. The molecule has 1 amide bonds. The summed E-state index contributed by atoms with van der Waals surface area (Å²) in [5, 5.41) is 10.3. The molecule has 0 spiro atoms. The lowest BCUT2D eigenvalue weighted by Crippen LogP contribution is -2.33. The Balaban J connectivity index is 1.55. The van der Waals surface area contributed by atoms with Crippen LogP contribution in [-0.4, -0.2) is 49.4 Å². The molecule has 0 bridgehead atoms. The van der Waals surface area contributed by atoms with Gasteiger partial charge in [-0.15, -0.1) is 10.2 Å². The number of nitrogens with zero attached hydrogens (tertiary/aromatic N) is 5. The first kappa shape index (κ1) is 17.3. The van der Waals surface area contributed by atoms with Crippen molar-refractivity contribution in [3.05, 3.63) is 24.3 Å². The van der Waals surface area contributed by atoms with Gasteiger partial charge >= 0.3 is 0 Å². The third kappa shape index (κ3) is 3.28. The topological polar surface area (TPSA) is 63.9 Å². The second-order valence-electron chi connectivity index (χ2n) is 6.61. The summed E-state index contributed by atoms with van der Waals surface area (Å²) in [6.07, 6.45) is 4.67. The molecular formula is C19H23N5OS. The van der Waals surface area contributed by atoms with Crippen LogP contribution in [0.15, 0.2) is 29.4 Å². The zero-order chi connectivity index (χ0) is 17.9. The Hall–Kier alpha value is -2.15. The number of thioether (sulfide) groups is 1. The van der Waals surface area contributed by atoms with E-state index in [4.69, 9.17) is 4.98 Å². The second kappa shape index (κ2) is 7.61. The van der Waals surface area contributed by atoms with Crippen molar-refractivity contribution < 1.29 is 4.79 Å². The number of hydrogen-bond donors (Lipinski definition) is 0. The highest BCUT2D eigenvalue weighted by molar-refractivity contribution is 7.99. The fraction of sp³-hybridized carbons (Fsp3) is 0.474. The largest absolute Gasteiger partial charge is 0.342 e. The molecular weight excluding hydrogens is 346 g/mol. The van der Waals surface area contributed by atoms with Gasteiger partial charge in [-0.05, 0) is 25.8 Å². The van der Waals surface area contributed by atoms with E-state index in [1.807, 2.05) is 17.0 Å². The predicted molar refractivity (Wildman–Crippen MR) is 104 cm³/mol. The highest BCUT2D eigenvalue weighted by Gasteiger charge is 2.18. The summed E-state index contributed by atoms with van der Waals surface area (Å²) in [5.74, 6) is 0.552. The third-order valence-corrected chi connectivity index (χ3v) is 5.78. The van der Waals surface area contributed by atoms with Gasteiger partial charge in [0.15, 0.2) is 5.65 Å². The minimum absolute atomic E-state index is 0.177. The van der Waals surface area contributed by atoms with Crippen LogP contribution in [0.2, 0.25) is 0 Å². The van der Waals surface area contributed by atoms with E-state index in [9.17, 15) is 4.79 Å². The van der Waals surface area contributed by atoms with Gasteiger partial charge in [0, 0.05) is 25.0 Å². The number of carbonyl (C=O) groups excluding carboxylic acids is 1. The molecule has 0 saturated carbocycles. The van der Waals surface area contributed by atoms with Gasteiger partial charge in [-0.2, -0.15) is 0 Å². The Morgan fingerprint density at radius 3 is 2.65 bits per heavy atom. The van der Waals surface area contributed by atoms with Crippen LogP contribution in [0.3, 0.4) is 0 Å². The van der Waals surface area contributed by atoms with Crippen molar-refractivity contribution in [2.75, 3.05) is 18.8 Å². The van der Waals surface area contributed by atoms with Crippen molar-refractivity contribution in [2.45, 2.75) is 44.3 Å². The first-order valence-corrected chi connectivity index (χ1v) is 10.3. The number of amides is 1. The quantitative estimate of drug-likeness (QED) is 0.659. The fourth-order valence-electron chi connectivity index (χ4n) is 3.61. The van der Waals surface area contributed by atoms with E-state index in [1.54, 1.807) is 0 Å². The maximum Gasteiger partial charge on any atom is 0.233 e. The van der Waals surface area contributed by atoms with Gasteiger partial charge in [-0.1, -0.05) is 42.8 Å². The minimum Gasteiger partial charge on any atom is -0.342 e. The summed E-state index contributed by atoms with van der Waals surface area (Å²) in [6, 6.07) is 8.16. The number of fused-ring (bicyclic) bond motifs is 3. The summed E-state index contributed by atoms with van der Waals surface area (Å²) >= 11 is 1.38. The molecule has 4 rings (SSSR count). The average Bonchev–Trinajstić information content (AvgIpc) is 2.82. The van der Waals surface area contributed by atoms with Gasteiger partial charge in [0.25, 0.3) is 0 Å². The number of hydrogen-bond acceptors (Lipinski definition) is 5. The maximum atomic E-state index is 12.5. The Morgan fingerprint density at radius 2 is 1.88 bits per heavy atom. The van der Waals surface area contributed by atoms with Crippen LogP contribution in [0.1, 0.15) is 32.6 Å². The highest BCUT2D eigenvalue weighted by Crippen LogP contribution is 2.27. The van der Waals surface area contributed by atoms with Crippen LogP contribution in [0.4, 0.5) is 0 Å². The number of aromatic nitrogens is 4. The first-order chi connectivity index (χ1) is 12.8. The molecule has 0 radical (unpaired) electrons. The van der Waals surface area contributed by atoms with E-state index in [1.165, 1.54) is 24.6 Å². The molecule has 2 aromatic heterocycles. The first-order valence-electron chi connectivity index (χ1n) is 9.30. The molecule has 6 nitrogen and oxygen atoms in total. The van der Waals surface area contributed by atoms with Gasteiger partial charge in [-0.3, -0.25) is 4.79 Å². The Labute approximate surface area is 157 Å². The summed E-state index contributed by atoms with van der Waals surface area (Å²) in [6.45, 7) is 4.67. The van der Waals surface area contributed by atoms with E-state index in [0.717, 1.165) is 54.5 Å². The summed E-state index contributed by atoms with van der Waals surface area (Å²) in [7, 11) is 0. The molecule has 1 aromatic carbocycles. The monoisotopic (exact) mass is 369 g/mol. The second-order valence-corrected chi connectivity index (χ2v) is 7.55. The van der Waals surface area contributed by atoms with E-state index < -0.39 is 0 Å². The van der Waals surface area contributed by atoms with Crippen LogP contribution >= 0.6 is 11.8 Å². The van der Waals surface area contributed by atoms with Gasteiger partial charge < -0.3 is 9.47 Å². The molecule has 0 atom stereocenters. The smallest absolute Gasteiger partial charge is 0.233 e. The van der Waals surface area contributed by atoms with E-state index in [2.05, 4.69) is 33.8 Å². The standard InChI is InChI=1S/C19H23N5OS/c1-2-24-15-10-6-5-9-14(15)17-18(24)20-19(22-21-17)26-13-16(25)23-11-7-3-4-8-12-23/h5-6,9-10H,2-4,7-8,11-13H2,1H3. The lowest BCUT2D eigenvalue weighted by Gasteiger charge is -2.19. The molecule has 26 heavy (non-hydrogen) atoms. The summed E-state index contributed by atoms with van der Waals surface area (Å²) in [4.78, 5) is 19.2. The zero-order valence-electron chi connectivity index (χ0n) is 15.0. The number of likely N-dealkylation sites (tertiary alicyclic amines) is 1. The van der Waals surface area contributed by atoms with Crippen molar-refractivity contribution in [1.82, 2.24) is 24.6 Å². The maximum absolute atomic E-state index is 12.5. The molecule has 0 unspecified atom stereocenters. The molecule has 136 valence electrons. The minimum atomic E-state index is 0.177. The van der Waals surface area contributed by atoms with Crippen LogP contribution < -0.4 is 0 Å². The van der Waals surface area contributed by atoms with Crippen LogP contribution in [0.25, 0.3) is 22.1 Å². The normalized spacial score (nSPS) is 15.5. The molecule has 0 N–H and O–H groups in total. The summed E-state index contributed by atoms with van der Waals surface area (Å²) < 4.78 is 2.15. The SMILES string of the molecule is CCn1c2ccccc2c2nnc(SCC(=O)N3CCCCCC3)nc21. The van der Waals surface area contributed by atoms with Crippen molar-refractivity contribution in [1.29, 1.82) is 0 Å². The Kier molecular flexibility index (Phi) is 5.06.